The van der Waals surface area contributed by atoms with Crippen LogP contribution in [0.3, 0.4) is 0 Å². The Morgan fingerprint density at radius 2 is 1.33 bits per heavy atom. The summed E-state index contributed by atoms with van der Waals surface area (Å²) in [5, 5.41) is 2.96. The molecule has 4 aromatic rings. The van der Waals surface area contributed by atoms with Crippen molar-refractivity contribution in [2.24, 2.45) is 0 Å². The number of nitrogens with two attached hydrogens (primary N) is 1. The number of halogens is 1. The van der Waals surface area contributed by atoms with Gasteiger partial charge in [0.1, 0.15) is 21.6 Å². The van der Waals surface area contributed by atoms with Gasteiger partial charge in [0.15, 0.2) is 11.6 Å². The van der Waals surface area contributed by atoms with E-state index in [4.69, 9.17) is 10.5 Å². The highest BCUT2D eigenvalue weighted by atomic mass is 79.9. The van der Waals surface area contributed by atoms with Crippen LogP contribution in [0.5, 0.6) is 11.5 Å². The molecule has 0 radical (unpaired) electrons. The maximum Gasteiger partial charge on any atom is 0.196 e. The molecule has 0 bridgehead atoms. The van der Waals surface area contributed by atoms with Gasteiger partial charge < -0.3 is 20.3 Å². The number of ketones is 2. The third-order valence-electron chi connectivity index (χ3n) is 5.65. The summed E-state index contributed by atoms with van der Waals surface area (Å²) in [6, 6.07) is 21.0. The van der Waals surface area contributed by atoms with E-state index in [1.165, 1.54) is 12.1 Å². The van der Waals surface area contributed by atoms with Gasteiger partial charge in [-0.05, 0) is 54.6 Å². The Hall–Kier alpha value is -3.99. The summed E-state index contributed by atoms with van der Waals surface area (Å²) in [7, 11) is -5.05. The van der Waals surface area contributed by atoms with Crippen LogP contribution in [0, 0.1) is 0 Å². The molecule has 0 spiro atoms. The summed E-state index contributed by atoms with van der Waals surface area (Å²) in [4.78, 5) is 25.8. The maximum atomic E-state index is 13.4. The first kappa shape index (κ1) is 23.7. The predicted octanol–water partition coefficient (Wildman–Crippen LogP) is 5.25. The lowest BCUT2D eigenvalue weighted by atomic mass is 9.82. The largest absolute Gasteiger partial charge is 0.744 e. The highest BCUT2D eigenvalue weighted by Crippen LogP contribution is 2.40. The number of carbonyl (C=O) groups excluding carboxylic acids is 2. The molecule has 3 N–H and O–H groups in total. The predicted molar refractivity (Wildman–Crippen MR) is 136 cm³/mol. The number of benzene rings is 4. The summed E-state index contributed by atoms with van der Waals surface area (Å²) in [6.07, 6.45) is 0. The summed E-state index contributed by atoms with van der Waals surface area (Å²) < 4.78 is 42.5. The molecule has 5 rings (SSSR count). The van der Waals surface area contributed by atoms with Crippen molar-refractivity contribution in [1.82, 2.24) is 0 Å². The fourth-order valence-corrected chi connectivity index (χ4v) is 4.90. The van der Waals surface area contributed by atoms with Crippen LogP contribution < -0.4 is 15.8 Å². The molecule has 0 unspecified atom stereocenters. The van der Waals surface area contributed by atoms with Crippen molar-refractivity contribution in [2.75, 3.05) is 11.1 Å². The fourth-order valence-electron chi connectivity index (χ4n) is 4.00. The van der Waals surface area contributed by atoms with E-state index in [1.54, 1.807) is 48.5 Å². The van der Waals surface area contributed by atoms with Crippen LogP contribution in [-0.4, -0.2) is 24.5 Å². The molecule has 0 fully saturated rings. The third-order valence-corrected chi connectivity index (χ3v) is 7.06. The number of rotatable bonds is 5. The second kappa shape index (κ2) is 8.90. The number of carbonyl (C=O) groups is 2. The van der Waals surface area contributed by atoms with Gasteiger partial charge >= 0.3 is 0 Å². The lowest BCUT2D eigenvalue weighted by Crippen LogP contribution is -2.25. The molecular formula is C26H16BrN2O6S-. The Balaban J connectivity index is 1.56. The number of hydrogen-bond acceptors (Lipinski definition) is 8. The minimum Gasteiger partial charge on any atom is -0.744 e. The van der Waals surface area contributed by atoms with Crippen molar-refractivity contribution in [3.63, 3.8) is 0 Å². The van der Waals surface area contributed by atoms with Gasteiger partial charge in [-0.3, -0.25) is 9.59 Å². The standard InChI is InChI=1S/C26H17BrN2O6S/c27-14-5-9-16(10-6-14)35-17-11-7-15(8-12-17)29-20-13-21(36(32,33)34)24(28)23-22(20)25(30)18-3-1-2-4-19(18)26(23)31/h1-13,29H,28H2,(H,32,33,34)/p-1. The Labute approximate surface area is 214 Å². The lowest BCUT2D eigenvalue weighted by molar-refractivity contribution is 0.0980. The topological polar surface area (TPSA) is 139 Å². The molecule has 0 amide bonds. The van der Waals surface area contributed by atoms with Crippen LogP contribution in [0.25, 0.3) is 0 Å². The summed E-state index contributed by atoms with van der Waals surface area (Å²) in [6.45, 7) is 0. The van der Waals surface area contributed by atoms with Gasteiger partial charge in [-0.15, -0.1) is 0 Å². The van der Waals surface area contributed by atoms with E-state index in [-0.39, 0.29) is 27.9 Å². The molecule has 36 heavy (non-hydrogen) atoms. The van der Waals surface area contributed by atoms with Crippen LogP contribution in [-0.2, 0) is 10.1 Å². The Kier molecular flexibility index (Phi) is 5.87. The van der Waals surface area contributed by atoms with Crippen molar-refractivity contribution in [3.8, 4) is 11.5 Å². The number of fused-ring (bicyclic) bond motifs is 2. The second-order valence-electron chi connectivity index (χ2n) is 7.95. The van der Waals surface area contributed by atoms with E-state index in [2.05, 4.69) is 21.2 Å². The molecular weight excluding hydrogens is 548 g/mol. The Morgan fingerprint density at radius 3 is 1.89 bits per heavy atom. The number of ether oxygens (including phenoxy) is 1. The van der Waals surface area contributed by atoms with E-state index < -0.39 is 32.3 Å². The molecule has 0 saturated carbocycles. The Bertz CT molecular complexity index is 1650. The van der Waals surface area contributed by atoms with Crippen molar-refractivity contribution in [2.45, 2.75) is 4.90 Å². The number of nitrogen functional groups attached to an aromatic ring is 1. The summed E-state index contributed by atoms with van der Waals surface area (Å²) >= 11 is 3.36. The molecule has 0 aromatic heterocycles. The quantitative estimate of drug-likeness (QED) is 0.218. The maximum absolute atomic E-state index is 13.4. The average Bonchev–Trinajstić information content (AvgIpc) is 2.85. The average molecular weight is 564 g/mol. The van der Waals surface area contributed by atoms with Gasteiger partial charge in [-0.25, -0.2) is 8.42 Å². The van der Waals surface area contributed by atoms with E-state index in [1.807, 2.05) is 12.1 Å². The minimum atomic E-state index is -5.05. The summed E-state index contributed by atoms with van der Waals surface area (Å²) in [5.74, 6) is 0.00808. The van der Waals surface area contributed by atoms with Crippen molar-refractivity contribution in [3.05, 3.63) is 106 Å². The van der Waals surface area contributed by atoms with Crippen LogP contribution >= 0.6 is 15.9 Å². The fraction of sp³-hybridized carbons (Fsp3) is 0. The molecule has 8 nitrogen and oxygen atoms in total. The highest BCUT2D eigenvalue weighted by Gasteiger charge is 2.35. The molecule has 4 aromatic carbocycles. The van der Waals surface area contributed by atoms with E-state index in [0.717, 1.165) is 10.5 Å². The van der Waals surface area contributed by atoms with Crippen molar-refractivity contribution < 1.29 is 27.3 Å². The lowest BCUT2D eigenvalue weighted by Gasteiger charge is -2.25. The van der Waals surface area contributed by atoms with E-state index in [0.29, 0.717) is 17.2 Å². The molecule has 0 heterocycles. The van der Waals surface area contributed by atoms with E-state index >= 15 is 0 Å². The number of nitrogens with one attached hydrogen (secondary N) is 1. The zero-order valence-corrected chi connectivity index (χ0v) is 20.7. The molecule has 180 valence electrons. The van der Waals surface area contributed by atoms with Crippen LogP contribution in [0.1, 0.15) is 31.8 Å². The van der Waals surface area contributed by atoms with Gasteiger partial charge in [0.05, 0.1) is 27.4 Å². The van der Waals surface area contributed by atoms with Crippen LogP contribution in [0.4, 0.5) is 17.1 Å². The van der Waals surface area contributed by atoms with Crippen molar-refractivity contribution >= 4 is 54.7 Å². The highest BCUT2D eigenvalue weighted by molar-refractivity contribution is 9.10. The van der Waals surface area contributed by atoms with Crippen molar-refractivity contribution in [1.29, 1.82) is 0 Å². The Morgan fingerprint density at radius 1 is 0.806 bits per heavy atom. The van der Waals surface area contributed by atoms with Gasteiger partial charge in [0, 0.05) is 21.3 Å². The van der Waals surface area contributed by atoms with Crippen LogP contribution in [0.2, 0.25) is 0 Å². The number of hydrogen-bond donors (Lipinski definition) is 2. The van der Waals surface area contributed by atoms with Gasteiger partial charge in [-0.2, -0.15) is 0 Å². The first-order valence-corrected chi connectivity index (χ1v) is 12.7. The molecule has 0 saturated heterocycles. The SMILES string of the molecule is Nc1c(S(=O)(=O)[O-])cc(Nc2ccc(Oc3ccc(Br)cc3)cc2)c2c1C(=O)c1ccccc1C2=O. The second-order valence-corrected chi connectivity index (χ2v) is 10.2. The zero-order valence-electron chi connectivity index (χ0n) is 18.3. The molecule has 0 atom stereocenters. The first-order valence-electron chi connectivity index (χ1n) is 10.5. The zero-order chi connectivity index (χ0) is 25.6. The normalized spacial score (nSPS) is 12.6. The monoisotopic (exact) mass is 563 g/mol. The molecule has 10 heteroatoms. The van der Waals surface area contributed by atoms with Gasteiger partial charge in [-0.1, -0.05) is 40.2 Å². The van der Waals surface area contributed by atoms with Gasteiger partial charge in [0.25, 0.3) is 0 Å². The third kappa shape index (κ3) is 4.26. The van der Waals surface area contributed by atoms with Crippen LogP contribution in [0.15, 0.2) is 88.2 Å². The first-order chi connectivity index (χ1) is 17.1. The van der Waals surface area contributed by atoms with E-state index in [9.17, 15) is 22.6 Å². The number of anilines is 3. The molecule has 1 aliphatic rings. The molecule has 0 aliphatic heterocycles. The smallest absolute Gasteiger partial charge is 0.196 e. The minimum absolute atomic E-state index is 0.0249. The molecule has 1 aliphatic carbocycles. The van der Waals surface area contributed by atoms with Gasteiger partial charge in [0.2, 0.25) is 0 Å². The summed E-state index contributed by atoms with van der Waals surface area (Å²) in [5.41, 5.74) is 5.69.